The van der Waals surface area contributed by atoms with Crippen molar-refractivity contribution in [3.63, 3.8) is 0 Å². The van der Waals surface area contributed by atoms with E-state index in [2.05, 4.69) is 10.7 Å². The van der Waals surface area contributed by atoms with E-state index in [1.165, 1.54) is 21.3 Å². The molecule has 1 heterocycles. The van der Waals surface area contributed by atoms with E-state index >= 15 is 0 Å². The van der Waals surface area contributed by atoms with E-state index in [1.54, 1.807) is 6.92 Å². The quantitative estimate of drug-likeness (QED) is 0.374. The van der Waals surface area contributed by atoms with Gasteiger partial charge in [0, 0.05) is 20.8 Å². The predicted octanol–water partition coefficient (Wildman–Crippen LogP) is -0.712. The largest absolute Gasteiger partial charge is 0.467 e. The minimum atomic E-state index is -1.38. The topological polar surface area (TPSA) is 92.7 Å². The standard InChI is InChI=1S/C14H22O8/c1-6-8(20-7-2)21-10-9(17-3)11(18-4)14(16)22-12(10)13(15)19-5/h1,8-12,14,16H,7H2,2-5H3/t8?,9?,10-,11?,12?,14-/m0/s1. The molecule has 1 aliphatic heterocycles. The molecule has 4 unspecified atom stereocenters. The number of aliphatic hydroxyl groups is 1. The predicted molar refractivity (Wildman–Crippen MR) is 73.6 cm³/mol. The van der Waals surface area contributed by atoms with E-state index in [1.807, 2.05) is 0 Å². The molecule has 6 atom stereocenters. The van der Waals surface area contributed by atoms with Crippen LogP contribution in [0.15, 0.2) is 0 Å². The van der Waals surface area contributed by atoms with Gasteiger partial charge in [-0.3, -0.25) is 0 Å². The van der Waals surface area contributed by atoms with Crippen molar-refractivity contribution >= 4 is 5.97 Å². The second-order valence-electron chi connectivity index (χ2n) is 4.43. The van der Waals surface area contributed by atoms with Crippen LogP contribution in [0.5, 0.6) is 0 Å². The van der Waals surface area contributed by atoms with Crippen molar-refractivity contribution in [2.75, 3.05) is 27.9 Å². The fourth-order valence-electron chi connectivity index (χ4n) is 2.22. The Bertz CT molecular complexity index is 393. The van der Waals surface area contributed by atoms with E-state index in [4.69, 9.17) is 30.1 Å². The Morgan fingerprint density at radius 3 is 2.36 bits per heavy atom. The molecule has 0 amide bonds. The molecule has 0 aromatic heterocycles. The fourth-order valence-corrected chi connectivity index (χ4v) is 2.22. The number of ether oxygens (including phenoxy) is 6. The summed E-state index contributed by atoms with van der Waals surface area (Å²) in [6.45, 7) is 2.07. The zero-order valence-corrected chi connectivity index (χ0v) is 13.1. The summed E-state index contributed by atoms with van der Waals surface area (Å²) in [5.41, 5.74) is 0. The summed E-state index contributed by atoms with van der Waals surface area (Å²) < 4.78 is 31.2. The van der Waals surface area contributed by atoms with Crippen LogP contribution in [0.25, 0.3) is 0 Å². The Labute approximate surface area is 129 Å². The van der Waals surface area contributed by atoms with Gasteiger partial charge in [-0.05, 0) is 12.8 Å². The van der Waals surface area contributed by atoms with E-state index in [9.17, 15) is 9.90 Å². The third-order valence-electron chi connectivity index (χ3n) is 3.23. The molecule has 1 N–H and O–H groups in total. The van der Waals surface area contributed by atoms with Crippen molar-refractivity contribution in [3.8, 4) is 12.3 Å². The summed E-state index contributed by atoms with van der Waals surface area (Å²) in [5.74, 6) is 1.58. The monoisotopic (exact) mass is 318 g/mol. The first kappa shape index (κ1) is 18.8. The lowest BCUT2D eigenvalue weighted by Crippen LogP contribution is -2.62. The molecule has 126 valence electrons. The van der Waals surface area contributed by atoms with Crippen LogP contribution in [0.4, 0.5) is 0 Å². The first-order chi connectivity index (χ1) is 10.5. The first-order valence-electron chi connectivity index (χ1n) is 6.74. The summed E-state index contributed by atoms with van der Waals surface area (Å²) in [7, 11) is 3.96. The van der Waals surface area contributed by atoms with Crippen LogP contribution in [-0.2, 0) is 33.2 Å². The summed E-state index contributed by atoms with van der Waals surface area (Å²) in [4.78, 5) is 11.9. The molecule has 0 saturated carbocycles. The van der Waals surface area contributed by atoms with E-state index in [-0.39, 0.29) is 0 Å². The lowest BCUT2D eigenvalue weighted by molar-refractivity contribution is -0.311. The van der Waals surface area contributed by atoms with Gasteiger partial charge in [-0.1, -0.05) is 0 Å². The molecule has 0 radical (unpaired) electrons. The highest BCUT2D eigenvalue weighted by Crippen LogP contribution is 2.28. The van der Waals surface area contributed by atoms with Crippen LogP contribution in [0.3, 0.4) is 0 Å². The normalized spacial score (nSPS) is 33.0. The van der Waals surface area contributed by atoms with Gasteiger partial charge in [0.1, 0.15) is 18.3 Å². The lowest BCUT2D eigenvalue weighted by atomic mass is 9.98. The van der Waals surface area contributed by atoms with Crippen molar-refractivity contribution in [1.82, 2.24) is 0 Å². The summed E-state index contributed by atoms with van der Waals surface area (Å²) in [6, 6.07) is 0. The molecule has 1 aliphatic rings. The van der Waals surface area contributed by atoms with Gasteiger partial charge in [0.2, 0.25) is 6.29 Å². The van der Waals surface area contributed by atoms with Gasteiger partial charge in [-0.2, -0.15) is 0 Å². The maximum atomic E-state index is 11.9. The molecule has 8 nitrogen and oxygen atoms in total. The number of terminal acetylenes is 1. The van der Waals surface area contributed by atoms with Crippen molar-refractivity contribution in [2.24, 2.45) is 0 Å². The molecule has 0 aromatic rings. The summed E-state index contributed by atoms with van der Waals surface area (Å²) >= 11 is 0. The van der Waals surface area contributed by atoms with Crippen molar-refractivity contribution < 1.29 is 38.3 Å². The summed E-state index contributed by atoms with van der Waals surface area (Å²) in [5, 5.41) is 9.94. The van der Waals surface area contributed by atoms with Gasteiger partial charge >= 0.3 is 5.97 Å². The van der Waals surface area contributed by atoms with Gasteiger partial charge in [0.25, 0.3) is 0 Å². The minimum absolute atomic E-state index is 0.319. The molecule has 0 aliphatic carbocycles. The van der Waals surface area contributed by atoms with Gasteiger partial charge in [-0.25, -0.2) is 4.79 Å². The van der Waals surface area contributed by atoms with Gasteiger partial charge in [-0.15, -0.1) is 6.42 Å². The number of carbonyl (C=O) groups is 1. The Balaban J connectivity index is 3.04. The molecule has 1 fully saturated rings. The van der Waals surface area contributed by atoms with Crippen LogP contribution >= 0.6 is 0 Å². The minimum Gasteiger partial charge on any atom is -0.467 e. The number of hydrogen-bond acceptors (Lipinski definition) is 8. The third kappa shape index (κ3) is 4.16. The summed E-state index contributed by atoms with van der Waals surface area (Å²) in [6.07, 6.45) is -0.929. The number of carbonyl (C=O) groups excluding carboxylic acids is 1. The Hall–Kier alpha value is -1.21. The van der Waals surface area contributed by atoms with Crippen LogP contribution in [0, 0.1) is 12.3 Å². The van der Waals surface area contributed by atoms with Crippen molar-refractivity contribution in [3.05, 3.63) is 0 Å². The Morgan fingerprint density at radius 2 is 1.91 bits per heavy atom. The zero-order chi connectivity index (χ0) is 16.7. The SMILES string of the molecule is C#CC(OCC)O[C@@H]1C(C(=O)OC)O[C@H](O)C(OC)C1OC. The smallest absolute Gasteiger partial charge is 0.337 e. The number of esters is 1. The van der Waals surface area contributed by atoms with Gasteiger partial charge < -0.3 is 33.5 Å². The Kier molecular flexibility index (Phi) is 7.75. The molecule has 0 bridgehead atoms. The van der Waals surface area contributed by atoms with Crippen LogP contribution in [0.2, 0.25) is 0 Å². The van der Waals surface area contributed by atoms with E-state index < -0.39 is 43.0 Å². The number of rotatable bonds is 7. The number of hydrogen-bond donors (Lipinski definition) is 1. The highest BCUT2D eigenvalue weighted by molar-refractivity contribution is 5.75. The highest BCUT2D eigenvalue weighted by Gasteiger charge is 2.51. The average Bonchev–Trinajstić information content (AvgIpc) is 2.53. The van der Waals surface area contributed by atoms with Crippen LogP contribution in [0.1, 0.15) is 6.92 Å². The molecule has 22 heavy (non-hydrogen) atoms. The van der Waals surface area contributed by atoms with Crippen LogP contribution < -0.4 is 0 Å². The second-order valence-corrected chi connectivity index (χ2v) is 4.43. The van der Waals surface area contributed by atoms with Gasteiger partial charge in [0.15, 0.2) is 12.4 Å². The van der Waals surface area contributed by atoms with Crippen molar-refractivity contribution in [2.45, 2.75) is 43.9 Å². The first-order valence-corrected chi connectivity index (χ1v) is 6.74. The highest BCUT2D eigenvalue weighted by atomic mass is 16.7. The molecule has 0 aromatic carbocycles. The van der Waals surface area contributed by atoms with Crippen LogP contribution in [-0.4, -0.2) is 76.0 Å². The maximum Gasteiger partial charge on any atom is 0.337 e. The zero-order valence-electron chi connectivity index (χ0n) is 13.1. The van der Waals surface area contributed by atoms with E-state index in [0.29, 0.717) is 6.61 Å². The van der Waals surface area contributed by atoms with Crippen molar-refractivity contribution in [1.29, 1.82) is 0 Å². The number of methoxy groups -OCH3 is 3. The molecule has 8 heteroatoms. The van der Waals surface area contributed by atoms with Gasteiger partial charge in [0.05, 0.1) is 7.11 Å². The third-order valence-corrected chi connectivity index (χ3v) is 3.23. The lowest BCUT2D eigenvalue weighted by Gasteiger charge is -2.42. The molecule has 1 saturated heterocycles. The molecular formula is C14H22O8. The fraction of sp³-hybridized carbons (Fsp3) is 0.786. The molecule has 0 spiro atoms. The average molecular weight is 318 g/mol. The molecule has 1 rings (SSSR count). The number of aliphatic hydroxyl groups excluding tert-OH is 1. The molecular weight excluding hydrogens is 296 g/mol. The second kappa shape index (κ2) is 9.05. The Morgan fingerprint density at radius 1 is 1.27 bits per heavy atom. The maximum absolute atomic E-state index is 11.9. The van der Waals surface area contributed by atoms with E-state index in [0.717, 1.165) is 0 Å².